The third-order valence-corrected chi connectivity index (χ3v) is 5.51. The van der Waals surface area contributed by atoms with E-state index in [1.165, 1.54) is 18.2 Å². The molecule has 1 N–H and O–H groups in total. The zero-order chi connectivity index (χ0) is 23.8. The van der Waals surface area contributed by atoms with Gasteiger partial charge in [0.05, 0.1) is 23.5 Å². The van der Waals surface area contributed by atoms with Gasteiger partial charge in [0.15, 0.2) is 11.5 Å². The van der Waals surface area contributed by atoms with Crippen LogP contribution >= 0.6 is 0 Å². The Bertz CT molecular complexity index is 1150. The molecule has 174 valence electrons. The summed E-state index contributed by atoms with van der Waals surface area (Å²) in [5, 5.41) is 6.73. The molecule has 0 aliphatic carbocycles. The van der Waals surface area contributed by atoms with E-state index in [0.717, 1.165) is 6.20 Å². The van der Waals surface area contributed by atoms with Gasteiger partial charge >= 0.3 is 6.18 Å². The second-order valence-corrected chi connectivity index (χ2v) is 7.73. The summed E-state index contributed by atoms with van der Waals surface area (Å²) < 4.78 is 57.9. The monoisotopic (exact) mass is 464 g/mol. The Morgan fingerprint density at radius 3 is 2.67 bits per heavy atom. The highest BCUT2D eigenvalue weighted by atomic mass is 19.4. The minimum Gasteiger partial charge on any atom is -0.364 e. The zero-order valence-corrected chi connectivity index (χ0v) is 17.7. The molecule has 2 atom stereocenters. The van der Waals surface area contributed by atoms with Crippen molar-refractivity contribution in [3.63, 3.8) is 0 Å². The molecule has 0 saturated carbocycles. The molecule has 0 bridgehead atoms. The van der Waals surface area contributed by atoms with Crippen molar-refractivity contribution in [3.8, 4) is 11.5 Å². The number of amides is 1. The third-order valence-electron chi connectivity index (χ3n) is 5.51. The smallest absolute Gasteiger partial charge is 0.364 e. The van der Waals surface area contributed by atoms with Gasteiger partial charge in [0.25, 0.3) is 11.8 Å². The van der Waals surface area contributed by atoms with Gasteiger partial charge in [-0.1, -0.05) is 11.2 Å². The SMILES string of the molecule is Cc1noc(-c2c(F)cccc2C(=O)N2CCCC(Nc3cnc(C(F)(F)F)cn3)C2C)n1. The van der Waals surface area contributed by atoms with Crippen molar-refractivity contribution in [2.45, 2.75) is 44.9 Å². The summed E-state index contributed by atoms with van der Waals surface area (Å²) in [4.78, 5) is 26.2. The van der Waals surface area contributed by atoms with Crippen molar-refractivity contribution >= 4 is 11.7 Å². The summed E-state index contributed by atoms with van der Waals surface area (Å²) in [5.74, 6) is -0.697. The van der Waals surface area contributed by atoms with Crippen LogP contribution in [-0.2, 0) is 6.18 Å². The Balaban J connectivity index is 1.56. The number of aromatic nitrogens is 4. The fourth-order valence-corrected chi connectivity index (χ4v) is 3.83. The summed E-state index contributed by atoms with van der Waals surface area (Å²) in [6.45, 7) is 3.82. The Morgan fingerprint density at radius 1 is 1.24 bits per heavy atom. The van der Waals surface area contributed by atoms with Gasteiger partial charge in [-0.3, -0.25) is 4.79 Å². The number of carbonyl (C=O) groups excluding carboxylic acids is 1. The van der Waals surface area contributed by atoms with Crippen LogP contribution in [0.2, 0.25) is 0 Å². The van der Waals surface area contributed by atoms with Crippen LogP contribution in [0.5, 0.6) is 0 Å². The van der Waals surface area contributed by atoms with Gasteiger partial charge < -0.3 is 14.7 Å². The molecule has 0 spiro atoms. The molecule has 12 heteroatoms. The molecule has 1 aliphatic heterocycles. The van der Waals surface area contributed by atoms with Gasteiger partial charge in [0, 0.05) is 18.6 Å². The largest absolute Gasteiger partial charge is 0.434 e. The summed E-state index contributed by atoms with van der Waals surface area (Å²) >= 11 is 0. The van der Waals surface area contributed by atoms with Crippen LogP contribution in [0, 0.1) is 12.7 Å². The van der Waals surface area contributed by atoms with Crippen molar-refractivity contribution in [3.05, 3.63) is 53.5 Å². The van der Waals surface area contributed by atoms with Crippen LogP contribution in [0.3, 0.4) is 0 Å². The van der Waals surface area contributed by atoms with Crippen LogP contribution in [0.4, 0.5) is 23.4 Å². The van der Waals surface area contributed by atoms with Crippen molar-refractivity contribution < 1.29 is 26.9 Å². The molecule has 1 fully saturated rings. The number of benzene rings is 1. The van der Waals surface area contributed by atoms with E-state index in [4.69, 9.17) is 4.52 Å². The lowest BCUT2D eigenvalue weighted by molar-refractivity contribution is -0.141. The Morgan fingerprint density at radius 2 is 2.03 bits per heavy atom. The van der Waals surface area contributed by atoms with Crippen LogP contribution in [0.25, 0.3) is 11.5 Å². The Kier molecular flexibility index (Phi) is 6.00. The first-order valence-corrected chi connectivity index (χ1v) is 10.2. The maximum atomic E-state index is 14.6. The molecule has 1 aromatic carbocycles. The maximum Gasteiger partial charge on any atom is 0.434 e. The van der Waals surface area contributed by atoms with E-state index in [1.807, 2.05) is 6.92 Å². The summed E-state index contributed by atoms with van der Waals surface area (Å²) in [5.41, 5.74) is -1.07. The number of anilines is 1. The van der Waals surface area contributed by atoms with E-state index in [0.29, 0.717) is 31.4 Å². The first-order chi connectivity index (χ1) is 15.6. The van der Waals surface area contributed by atoms with E-state index < -0.39 is 23.6 Å². The van der Waals surface area contributed by atoms with E-state index in [-0.39, 0.29) is 34.9 Å². The zero-order valence-electron chi connectivity index (χ0n) is 17.7. The average Bonchev–Trinajstić information content (AvgIpc) is 3.20. The first kappa shape index (κ1) is 22.6. The van der Waals surface area contributed by atoms with Crippen molar-refractivity contribution in [1.29, 1.82) is 0 Å². The number of hydrogen-bond donors (Lipinski definition) is 1. The number of nitrogens with zero attached hydrogens (tertiary/aromatic N) is 5. The lowest BCUT2D eigenvalue weighted by Crippen LogP contribution is -2.52. The summed E-state index contributed by atoms with van der Waals surface area (Å²) in [6, 6.07) is 3.47. The number of halogens is 4. The third kappa shape index (κ3) is 4.64. The highest BCUT2D eigenvalue weighted by molar-refractivity contribution is 6.00. The van der Waals surface area contributed by atoms with E-state index in [2.05, 4.69) is 25.4 Å². The molecule has 0 radical (unpaired) electrons. The van der Waals surface area contributed by atoms with Crippen LogP contribution < -0.4 is 5.32 Å². The lowest BCUT2D eigenvalue weighted by Gasteiger charge is -2.40. The number of hydrogen-bond acceptors (Lipinski definition) is 7. The first-order valence-electron chi connectivity index (χ1n) is 10.2. The maximum absolute atomic E-state index is 14.6. The van der Waals surface area contributed by atoms with Crippen LogP contribution in [0.15, 0.2) is 35.1 Å². The van der Waals surface area contributed by atoms with E-state index in [1.54, 1.807) is 11.8 Å². The van der Waals surface area contributed by atoms with Gasteiger partial charge in [0.2, 0.25) is 0 Å². The number of alkyl halides is 3. The van der Waals surface area contributed by atoms with Crippen molar-refractivity contribution in [2.75, 3.05) is 11.9 Å². The molecule has 2 unspecified atom stereocenters. The van der Waals surface area contributed by atoms with Gasteiger partial charge in [-0.15, -0.1) is 0 Å². The number of piperidine rings is 1. The van der Waals surface area contributed by atoms with Gasteiger partial charge in [0.1, 0.15) is 11.6 Å². The molecule has 4 rings (SSSR count). The Labute approximate surface area is 186 Å². The number of nitrogens with one attached hydrogen (secondary N) is 1. The number of carbonyl (C=O) groups is 1. The minimum atomic E-state index is -4.58. The van der Waals surface area contributed by atoms with Gasteiger partial charge in [-0.25, -0.2) is 14.4 Å². The quantitative estimate of drug-likeness (QED) is 0.581. The van der Waals surface area contributed by atoms with Gasteiger partial charge in [-0.05, 0) is 38.8 Å². The van der Waals surface area contributed by atoms with E-state index >= 15 is 0 Å². The van der Waals surface area contributed by atoms with E-state index in [9.17, 15) is 22.4 Å². The summed E-state index contributed by atoms with van der Waals surface area (Å²) in [7, 11) is 0. The van der Waals surface area contributed by atoms with Crippen LogP contribution in [-0.4, -0.2) is 49.5 Å². The number of likely N-dealkylation sites (tertiary alicyclic amines) is 1. The molecule has 2 aromatic heterocycles. The highest BCUT2D eigenvalue weighted by Crippen LogP contribution is 2.30. The second kappa shape index (κ2) is 8.75. The second-order valence-electron chi connectivity index (χ2n) is 7.73. The van der Waals surface area contributed by atoms with Crippen LogP contribution in [0.1, 0.15) is 41.6 Å². The predicted molar refractivity (Wildman–Crippen MR) is 109 cm³/mol. The average molecular weight is 464 g/mol. The normalized spacial score (nSPS) is 18.9. The van der Waals surface area contributed by atoms with Crippen molar-refractivity contribution in [2.24, 2.45) is 0 Å². The highest BCUT2D eigenvalue weighted by Gasteiger charge is 2.35. The molecular formula is C21H20F4N6O2. The molecule has 1 amide bonds. The number of rotatable bonds is 4. The molecule has 8 nitrogen and oxygen atoms in total. The molecule has 1 saturated heterocycles. The standard InChI is InChI=1S/C21H20F4N6O2/c1-11-15(29-17-10-26-16(9-27-17)21(23,24)25)7-4-8-31(11)20(32)13-5-3-6-14(22)18(13)19-28-12(2)30-33-19/h3,5-6,9-11,15H,4,7-8H2,1-2H3,(H,27,29). The number of aryl methyl sites for hydroxylation is 1. The predicted octanol–water partition coefficient (Wildman–Crippen LogP) is 4.10. The molecular weight excluding hydrogens is 444 g/mol. The topological polar surface area (TPSA) is 97.0 Å². The molecule has 3 aromatic rings. The molecule has 3 heterocycles. The summed E-state index contributed by atoms with van der Waals surface area (Å²) in [6.07, 6.45) is -1.62. The lowest BCUT2D eigenvalue weighted by atomic mass is 9.95. The molecule has 33 heavy (non-hydrogen) atoms. The van der Waals surface area contributed by atoms with Gasteiger partial charge in [-0.2, -0.15) is 18.2 Å². The Hall–Kier alpha value is -3.57. The fraction of sp³-hybridized carbons (Fsp3) is 0.381. The van der Waals surface area contributed by atoms with Crippen molar-refractivity contribution in [1.82, 2.24) is 25.0 Å². The molecule has 1 aliphatic rings. The minimum absolute atomic E-state index is 0.0704. The fourth-order valence-electron chi connectivity index (χ4n) is 3.83.